The van der Waals surface area contributed by atoms with Gasteiger partial charge in [0.1, 0.15) is 5.82 Å². The van der Waals surface area contributed by atoms with Crippen LogP contribution in [0.4, 0.5) is 15.8 Å². The number of hydrogen-bond donors (Lipinski definition) is 1. The summed E-state index contributed by atoms with van der Waals surface area (Å²) in [5.41, 5.74) is 8.71. The van der Waals surface area contributed by atoms with Gasteiger partial charge in [0, 0.05) is 23.0 Å². The van der Waals surface area contributed by atoms with Crippen LogP contribution >= 0.6 is 15.9 Å². The standard InChI is InChI=1S/C16H14BrFN2O/c1-9-6-11-7-12(19)3-5-15(11)20(9)16(21)10-2-4-13(17)14(18)8-10/h2-5,7-9H,6,19H2,1H3. The van der Waals surface area contributed by atoms with E-state index in [0.29, 0.717) is 15.7 Å². The Morgan fingerprint density at radius 2 is 2.10 bits per heavy atom. The summed E-state index contributed by atoms with van der Waals surface area (Å²) in [7, 11) is 0. The number of anilines is 2. The molecule has 0 aliphatic carbocycles. The Kier molecular flexibility index (Phi) is 3.45. The van der Waals surface area contributed by atoms with Crippen molar-refractivity contribution in [2.75, 3.05) is 10.6 Å². The molecule has 2 aromatic rings. The summed E-state index contributed by atoms with van der Waals surface area (Å²) >= 11 is 3.09. The molecule has 108 valence electrons. The first-order valence-corrected chi connectivity index (χ1v) is 7.43. The third-order valence-corrected chi connectivity index (χ3v) is 4.35. The van der Waals surface area contributed by atoms with Gasteiger partial charge in [-0.05, 0) is 71.2 Å². The predicted octanol–water partition coefficient (Wildman–Crippen LogP) is 3.76. The number of nitrogens with two attached hydrogens (primary N) is 1. The fourth-order valence-corrected chi connectivity index (χ4v) is 2.98. The molecule has 1 atom stereocenters. The van der Waals surface area contributed by atoms with Gasteiger partial charge in [0.05, 0.1) is 4.47 Å². The molecule has 3 rings (SSSR count). The molecule has 3 nitrogen and oxygen atoms in total. The number of fused-ring (bicyclic) bond motifs is 1. The molecule has 1 aliphatic rings. The van der Waals surface area contributed by atoms with E-state index in [9.17, 15) is 9.18 Å². The van der Waals surface area contributed by atoms with E-state index >= 15 is 0 Å². The molecular formula is C16H14BrFN2O. The predicted molar refractivity (Wildman–Crippen MR) is 84.9 cm³/mol. The molecule has 0 aromatic heterocycles. The van der Waals surface area contributed by atoms with Gasteiger partial charge in [0.25, 0.3) is 5.91 Å². The molecule has 2 N–H and O–H groups in total. The van der Waals surface area contributed by atoms with Gasteiger partial charge in [-0.15, -0.1) is 0 Å². The molecular weight excluding hydrogens is 335 g/mol. The maximum absolute atomic E-state index is 13.6. The molecule has 0 radical (unpaired) electrons. The lowest BCUT2D eigenvalue weighted by molar-refractivity contribution is 0.0981. The van der Waals surface area contributed by atoms with Gasteiger partial charge in [0.15, 0.2) is 0 Å². The Morgan fingerprint density at radius 1 is 1.33 bits per heavy atom. The van der Waals surface area contributed by atoms with E-state index in [1.54, 1.807) is 23.1 Å². The van der Waals surface area contributed by atoms with Gasteiger partial charge in [-0.1, -0.05) is 0 Å². The maximum atomic E-state index is 13.6. The first kappa shape index (κ1) is 14.1. The van der Waals surface area contributed by atoms with Crippen molar-refractivity contribution in [3.05, 3.63) is 57.8 Å². The minimum Gasteiger partial charge on any atom is -0.399 e. The number of nitrogen functional groups attached to an aromatic ring is 1. The normalized spacial score (nSPS) is 16.9. The Bertz CT molecular complexity index is 732. The van der Waals surface area contributed by atoms with Crippen LogP contribution in [0.5, 0.6) is 0 Å². The zero-order chi connectivity index (χ0) is 15.1. The molecule has 0 spiro atoms. The van der Waals surface area contributed by atoms with E-state index < -0.39 is 5.82 Å². The van der Waals surface area contributed by atoms with E-state index in [1.165, 1.54) is 6.07 Å². The quantitative estimate of drug-likeness (QED) is 0.797. The zero-order valence-electron chi connectivity index (χ0n) is 11.4. The minimum atomic E-state index is -0.440. The lowest BCUT2D eigenvalue weighted by Gasteiger charge is -2.23. The topological polar surface area (TPSA) is 46.3 Å². The van der Waals surface area contributed by atoms with Crippen molar-refractivity contribution in [1.82, 2.24) is 0 Å². The van der Waals surface area contributed by atoms with Crippen LogP contribution in [0.2, 0.25) is 0 Å². The molecule has 1 unspecified atom stereocenters. The van der Waals surface area contributed by atoms with E-state index in [4.69, 9.17) is 5.73 Å². The molecule has 0 bridgehead atoms. The average molecular weight is 349 g/mol. The van der Waals surface area contributed by atoms with Crippen LogP contribution in [-0.4, -0.2) is 11.9 Å². The summed E-state index contributed by atoms with van der Waals surface area (Å²) in [6, 6.07) is 9.97. The van der Waals surface area contributed by atoms with E-state index in [2.05, 4.69) is 15.9 Å². The first-order chi connectivity index (χ1) is 9.97. The lowest BCUT2D eigenvalue weighted by atomic mass is 10.1. The number of rotatable bonds is 1. The number of halogens is 2. The smallest absolute Gasteiger partial charge is 0.258 e. The molecule has 21 heavy (non-hydrogen) atoms. The zero-order valence-corrected chi connectivity index (χ0v) is 13.0. The van der Waals surface area contributed by atoms with Crippen LogP contribution < -0.4 is 10.6 Å². The van der Waals surface area contributed by atoms with Gasteiger partial charge in [0.2, 0.25) is 0 Å². The number of amides is 1. The van der Waals surface area contributed by atoms with Crippen LogP contribution in [0.15, 0.2) is 40.9 Å². The third kappa shape index (κ3) is 2.42. The monoisotopic (exact) mass is 348 g/mol. The molecule has 1 amide bonds. The largest absolute Gasteiger partial charge is 0.399 e. The van der Waals surface area contributed by atoms with Crippen molar-refractivity contribution in [2.45, 2.75) is 19.4 Å². The van der Waals surface area contributed by atoms with Crippen molar-refractivity contribution >= 4 is 33.2 Å². The van der Waals surface area contributed by atoms with Crippen LogP contribution in [-0.2, 0) is 6.42 Å². The number of benzene rings is 2. The molecule has 0 fully saturated rings. The Labute approximate surface area is 130 Å². The maximum Gasteiger partial charge on any atom is 0.258 e. The lowest BCUT2D eigenvalue weighted by Crippen LogP contribution is -2.35. The van der Waals surface area contributed by atoms with Gasteiger partial charge in [-0.2, -0.15) is 0 Å². The van der Waals surface area contributed by atoms with Gasteiger partial charge in [-0.3, -0.25) is 4.79 Å². The molecule has 0 saturated heterocycles. The highest BCUT2D eigenvalue weighted by Gasteiger charge is 2.31. The third-order valence-electron chi connectivity index (χ3n) is 3.70. The van der Waals surface area contributed by atoms with Crippen LogP contribution in [0.3, 0.4) is 0 Å². The van der Waals surface area contributed by atoms with E-state index in [-0.39, 0.29) is 11.9 Å². The summed E-state index contributed by atoms with van der Waals surface area (Å²) in [5.74, 6) is -0.636. The number of carbonyl (C=O) groups is 1. The van der Waals surface area contributed by atoms with Crippen molar-refractivity contribution < 1.29 is 9.18 Å². The van der Waals surface area contributed by atoms with Crippen LogP contribution in [0.1, 0.15) is 22.8 Å². The average Bonchev–Trinajstić information content (AvgIpc) is 2.76. The second-order valence-corrected chi connectivity index (χ2v) is 6.10. The number of nitrogens with zero attached hydrogens (tertiary/aromatic N) is 1. The van der Waals surface area contributed by atoms with Crippen molar-refractivity contribution in [3.63, 3.8) is 0 Å². The fraction of sp³-hybridized carbons (Fsp3) is 0.188. The molecule has 1 heterocycles. The number of hydrogen-bond acceptors (Lipinski definition) is 2. The number of carbonyl (C=O) groups excluding carboxylic acids is 1. The van der Waals surface area contributed by atoms with Gasteiger partial charge in [-0.25, -0.2) is 4.39 Å². The minimum absolute atomic E-state index is 0.0287. The van der Waals surface area contributed by atoms with Crippen molar-refractivity contribution in [1.29, 1.82) is 0 Å². The second-order valence-electron chi connectivity index (χ2n) is 5.25. The molecule has 5 heteroatoms. The first-order valence-electron chi connectivity index (χ1n) is 6.64. The van der Waals surface area contributed by atoms with E-state index in [1.807, 2.05) is 19.1 Å². The Balaban J connectivity index is 2.00. The molecule has 0 saturated carbocycles. The SMILES string of the molecule is CC1Cc2cc(N)ccc2N1C(=O)c1ccc(Br)c(F)c1. The van der Waals surface area contributed by atoms with Gasteiger partial charge < -0.3 is 10.6 Å². The van der Waals surface area contributed by atoms with Crippen LogP contribution in [0.25, 0.3) is 0 Å². The summed E-state index contributed by atoms with van der Waals surface area (Å²) in [6.07, 6.45) is 0.755. The summed E-state index contributed by atoms with van der Waals surface area (Å²) in [6.45, 7) is 1.98. The highest BCUT2D eigenvalue weighted by atomic mass is 79.9. The Hall–Kier alpha value is -1.88. The van der Waals surface area contributed by atoms with Crippen molar-refractivity contribution in [3.8, 4) is 0 Å². The van der Waals surface area contributed by atoms with E-state index in [0.717, 1.165) is 17.7 Å². The summed E-state index contributed by atoms with van der Waals surface area (Å²) < 4.78 is 14.0. The summed E-state index contributed by atoms with van der Waals surface area (Å²) in [5, 5.41) is 0. The second kappa shape index (κ2) is 5.15. The van der Waals surface area contributed by atoms with Gasteiger partial charge >= 0.3 is 0 Å². The molecule has 1 aliphatic heterocycles. The highest BCUT2D eigenvalue weighted by Crippen LogP contribution is 2.34. The highest BCUT2D eigenvalue weighted by molar-refractivity contribution is 9.10. The Morgan fingerprint density at radius 3 is 2.81 bits per heavy atom. The molecule has 2 aromatic carbocycles. The summed E-state index contributed by atoms with van der Waals surface area (Å²) in [4.78, 5) is 14.4. The fourth-order valence-electron chi connectivity index (χ4n) is 2.73. The van der Waals surface area contributed by atoms with Crippen molar-refractivity contribution in [2.24, 2.45) is 0 Å². The van der Waals surface area contributed by atoms with Crippen LogP contribution in [0, 0.1) is 5.82 Å².